The lowest BCUT2D eigenvalue weighted by Crippen LogP contribution is -2.00. The lowest BCUT2D eigenvalue weighted by molar-refractivity contribution is 0.299. The largest absolute Gasteiger partial charge is 0.508 e. The molecule has 4 nitrogen and oxygen atoms in total. The Morgan fingerprint density at radius 3 is 2.76 bits per heavy atom. The highest BCUT2D eigenvalue weighted by Crippen LogP contribution is 2.24. The van der Waals surface area contributed by atoms with Crippen LogP contribution in [0.15, 0.2) is 42.5 Å². The molecule has 108 valence electrons. The van der Waals surface area contributed by atoms with Gasteiger partial charge in [0.25, 0.3) is 0 Å². The van der Waals surface area contributed by atoms with E-state index in [2.05, 4.69) is 24.2 Å². The first-order valence-corrected chi connectivity index (χ1v) is 7.05. The lowest BCUT2D eigenvalue weighted by atomic mass is 10.2. The summed E-state index contributed by atoms with van der Waals surface area (Å²) in [5.41, 5.74) is 2.99. The molecule has 0 fully saturated rings. The van der Waals surface area contributed by atoms with E-state index >= 15 is 0 Å². The van der Waals surface area contributed by atoms with Crippen LogP contribution in [-0.2, 0) is 13.2 Å². The van der Waals surface area contributed by atoms with Crippen molar-refractivity contribution in [2.75, 3.05) is 0 Å². The Labute approximate surface area is 123 Å². The monoisotopic (exact) mass is 282 g/mol. The average Bonchev–Trinajstić information content (AvgIpc) is 2.82. The number of benzene rings is 2. The van der Waals surface area contributed by atoms with Gasteiger partial charge in [0, 0.05) is 18.0 Å². The van der Waals surface area contributed by atoms with Gasteiger partial charge in [0.1, 0.15) is 23.8 Å². The van der Waals surface area contributed by atoms with Gasteiger partial charge in [0.2, 0.25) is 0 Å². The summed E-state index contributed by atoms with van der Waals surface area (Å²) >= 11 is 0. The van der Waals surface area contributed by atoms with E-state index in [1.54, 1.807) is 12.1 Å². The van der Waals surface area contributed by atoms with Crippen LogP contribution in [0.2, 0.25) is 0 Å². The van der Waals surface area contributed by atoms with Gasteiger partial charge in [-0.25, -0.2) is 0 Å². The number of aromatic nitrogens is 2. The molecule has 0 spiro atoms. The molecular weight excluding hydrogens is 264 g/mol. The zero-order valence-electron chi connectivity index (χ0n) is 12.2. The zero-order chi connectivity index (χ0) is 14.8. The quantitative estimate of drug-likeness (QED) is 0.794. The molecule has 4 heteroatoms. The number of phenols is 1. The molecule has 1 N–H and O–H groups in total. The van der Waals surface area contributed by atoms with Crippen molar-refractivity contribution < 1.29 is 9.84 Å². The zero-order valence-corrected chi connectivity index (χ0v) is 12.2. The summed E-state index contributed by atoms with van der Waals surface area (Å²) in [7, 11) is 0. The smallest absolute Gasteiger partial charge is 0.133 e. The predicted molar refractivity (Wildman–Crippen MR) is 82.6 cm³/mol. The summed E-state index contributed by atoms with van der Waals surface area (Å²) in [6.07, 6.45) is 0. The van der Waals surface area contributed by atoms with E-state index < -0.39 is 0 Å². The Kier molecular flexibility index (Phi) is 3.52. The SMILES string of the molecule is CCn1nc(COc2cc(C)cc(O)c2)c2ccccc21. The van der Waals surface area contributed by atoms with Crippen LogP contribution in [0.3, 0.4) is 0 Å². The number of phenolic OH excluding ortho intramolecular Hbond substituents is 1. The Morgan fingerprint density at radius 2 is 2.00 bits per heavy atom. The van der Waals surface area contributed by atoms with Crippen molar-refractivity contribution in [1.29, 1.82) is 0 Å². The van der Waals surface area contributed by atoms with Gasteiger partial charge in [-0.2, -0.15) is 5.10 Å². The molecule has 1 aromatic heterocycles. The second-order valence-corrected chi connectivity index (χ2v) is 5.07. The Morgan fingerprint density at radius 1 is 1.19 bits per heavy atom. The highest BCUT2D eigenvalue weighted by molar-refractivity contribution is 5.81. The molecule has 1 heterocycles. The average molecular weight is 282 g/mol. The van der Waals surface area contributed by atoms with Gasteiger partial charge in [-0.1, -0.05) is 18.2 Å². The van der Waals surface area contributed by atoms with Gasteiger partial charge in [-0.3, -0.25) is 4.68 Å². The number of ether oxygens (including phenoxy) is 1. The number of aromatic hydroxyl groups is 1. The van der Waals surface area contributed by atoms with E-state index in [1.807, 2.05) is 29.8 Å². The maximum atomic E-state index is 9.61. The summed E-state index contributed by atoms with van der Waals surface area (Å²) in [5, 5.41) is 15.3. The third kappa shape index (κ3) is 2.70. The van der Waals surface area contributed by atoms with Crippen molar-refractivity contribution in [3.8, 4) is 11.5 Å². The van der Waals surface area contributed by atoms with E-state index in [0.717, 1.165) is 28.7 Å². The number of fused-ring (bicyclic) bond motifs is 1. The number of aryl methyl sites for hydroxylation is 2. The maximum absolute atomic E-state index is 9.61. The van der Waals surface area contributed by atoms with Crippen molar-refractivity contribution in [2.45, 2.75) is 27.0 Å². The number of nitrogens with zero attached hydrogens (tertiary/aromatic N) is 2. The molecule has 0 atom stereocenters. The number of hydrogen-bond acceptors (Lipinski definition) is 3. The molecule has 0 saturated carbocycles. The van der Waals surface area contributed by atoms with Gasteiger partial charge < -0.3 is 9.84 Å². The fraction of sp³-hybridized carbons (Fsp3) is 0.235. The summed E-state index contributed by atoms with van der Waals surface area (Å²) in [6, 6.07) is 13.4. The summed E-state index contributed by atoms with van der Waals surface area (Å²) in [6.45, 7) is 5.21. The van der Waals surface area contributed by atoms with Crippen molar-refractivity contribution in [3.63, 3.8) is 0 Å². The summed E-state index contributed by atoms with van der Waals surface area (Å²) in [5.74, 6) is 0.872. The normalized spacial score (nSPS) is 11.0. The molecule has 0 saturated heterocycles. The van der Waals surface area contributed by atoms with Crippen LogP contribution in [0.5, 0.6) is 11.5 Å². The molecule has 0 unspecified atom stereocenters. The highest BCUT2D eigenvalue weighted by atomic mass is 16.5. The minimum absolute atomic E-state index is 0.217. The first kappa shape index (κ1) is 13.5. The molecule has 0 radical (unpaired) electrons. The molecule has 0 aliphatic carbocycles. The number of para-hydroxylation sites is 1. The molecule has 0 aliphatic heterocycles. The minimum atomic E-state index is 0.217. The Bertz CT molecular complexity index is 757. The third-order valence-corrected chi connectivity index (χ3v) is 3.45. The van der Waals surface area contributed by atoms with E-state index in [-0.39, 0.29) is 5.75 Å². The molecule has 0 amide bonds. The fourth-order valence-electron chi connectivity index (χ4n) is 2.51. The van der Waals surface area contributed by atoms with Crippen LogP contribution in [0.4, 0.5) is 0 Å². The van der Waals surface area contributed by atoms with Gasteiger partial charge >= 0.3 is 0 Å². The predicted octanol–water partition coefficient (Wildman–Crippen LogP) is 3.65. The van der Waals surface area contributed by atoms with Crippen molar-refractivity contribution in [1.82, 2.24) is 9.78 Å². The van der Waals surface area contributed by atoms with Crippen molar-refractivity contribution >= 4 is 10.9 Å². The van der Waals surface area contributed by atoms with Gasteiger partial charge in [-0.15, -0.1) is 0 Å². The molecular formula is C17H18N2O2. The minimum Gasteiger partial charge on any atom is -0.508 e. The second-order valence-electron chi connectivity index (χ2n) is 5.07. The molecule has 21 heavy (non-hydrogen) atoms. The molecule has 0 aliphatic rings. The third-order valence-electron chi connectivity index (χ3n) is 3.45. The van der Waals surface area contributed by atoms with Crippen LogP contribution in [-0.4, -0.2) is 14.9 Å². The van der Waals surface area contributed by atoms with Crippen molar-refractivity contribution in [2.24, 2.45) is 0 Å². The van der Waals surface area contributed by atoms with Gasteiger partial charge in [-0.05, 0) is 37.6 Å². The first-order chi connectivity index (χ1) is 10.2. The van der Waals surface area contributed by atoms with Gasteiger partial charge in [0.15, 0.2) is 0 Å². The topological polar surface area (TPSA) is 47.3 Å². The first-order valence-electron chi connectivity index (χ1n) is 7.05. The highest BCUT2D eigenvalue weighted by Gasteiger charge is 2.10. The molecule has 3 rings (SSSR count). The Hall–Kier alpha value is -2.49. The van der Waals surface area contributed by atoms with Crippen LogP contribution >= 0.6 is 0 Å². The number of rotatable bonds is 4. The lowest BCUT2D eigenvalue weighted by Gasteiger charge is -2.06. The van der Waals surface area contributed by atoms with Crippen LogP contribution < -0.4 is 4.74 Å². The van der Waals surface area contributed by atoms with E-state index in [9.17, 15) is 5.11 Å². The van der Waals surface area contributed by atoms with Crippen LogP contribution in [0.1, 0.15) is 18.2 Å². The summed E-state index contributed by atoms with van der Waals surface area (Å²) in [4.78, 5) is 0. The fourth-order valence-corrected chi connectivity index (χ4v) is 2.51. The van der Waals surface area contributed by atoms with Gasteiger partial charge in [0.05, 0.1) is 5.52 Å². The Balaban J connectivity index is 1.88. The summed E-state index contributed by atoms with van der Waals surface area (Å²) < 4.78 is 7.76. The molecule has 3 aromatic rings. The van der Waals surface area contributed by atoms with Crippen molar-refractivity contribution in [3.05, 3.63) is 53.7 Å². The van der Waals surface area contributed by atoms with E-state index in [0.29, 0.717) is 12.4 Å². The maximum Gasteiger partial charge on any atom is 0.133 e. The second kappa shape index (κ2) is 5.48. The van der Waals surface area contributed by atoms with Crippen LogP contribution in [0, 0.1) is 6.92 Å². The van der Waals surface area contributed by atoms with Crippen LogP contribution in [0.25, 0.3) is 10.9 Å². The van der Waals surface area contributed by atoms with E-state index in [1.165, 1.54) is 0 Å². The standard InChI is InChI=1S/C17H18N2O2/c1-3-19-17-7-5-4-6-15(17)16(18-19)11-21-14-9-12(2)8-13(20)10-14/h4-10,20H,3,11H2,1-2H3. The molecule has 0 bridgehead atoms. The molecule has 2 aromatic carbocycles. The van der Waals surface area contributed by atoms with E-state index in [4.69, 9.17) is 4.74 Å². The number of hydrogen-bond donors (Lipinski definition) is 1.